The molecule has 0 unspecified atom stereocenters. The van der Waals surface area contributed by atoms with Crippen molar-refractivity contribution < 1.29 is 9.13 Å². The standard InChI is InChI=1S/C16H22FN3O/c1-11(18-9-14-10-19-20(4)12(14)2)13(3)21-16-8-6-5-7-15(16)17/h5-8,10-11,13,18H,9H2,1-4H3/t11-,13-/m0/s1. The van der Waals surface area contributed by atoms with Gasteiger partial charge in [-0.2, -0.15) is 5.10 Å². The van der Waals surface area contributed by atoms with E-state index >= 15 is 0 Å². The first-order valence-electron chi connectivity index (χ1n) is 7.11. The molecule has 1 aromatic carbocycles. The van der Waals surface area contributed by atoms with E-state index in [0.717, 1.165) is 11.3 Å². The van der Waals surface area contributed by atoms with Gasteiger partial charge in [0.05, 0.1) is 6.20 Å². The normalized spacial score (nSPS) is 14.0. The van der Waals surface area contributed by atoms with Gasteiger partial charge in [-0.1, -0.05) is 12.1 Å². The molecular weight excluding hydrogens is 269 g/mol. The molecule has 0 fully saturated rings. The average Bonchev–Trinajstić information content (AvgIpc) is 2.78. The highest BCUT2D eigenvalue weighted by Crippen LogP contribution is 2.18. The lowest BCUT2D eigenvalue weighted by molar-refractivity contribution is 0.170. The minimum atomic E-state index is -0.334. The summed E-state index contributed by atoms with van der Waals surface area (Å²) in [5, 5.41) is 7.61. The Morgan fingerprint density at radius 2 is 2.05 bits per heavy atom. The van der Waals surface area contributed by atoms with E-state index in [1.54, 1.807) is 18.2 Å². The maximum Gasteiger partial charge on any atom is 0.165 e. The summed E-state index contributed by atoms with van der Waals surface area (Å²) in [5.41, 5.74) is 2.29. The molecule has 4 nitrogen and oxygen atoms in total. The van der Waals surface area contributed by atoms with Gasteiger partial charge in [-0.15, -0.1) is 0 Å². The number of aryl methyl sites for hydroxylation is 1. The summed E-state index contributed by atoms with van der Waals surface area (Å²) in [4.78, 5) is 0. The lowest BCUT2D eigenvalue weighted by atomic mass is 10.2. The highest BCUT2D eigenvalue weighted by molar-refractivity contribution is 5.24. The molecule has 1 heterocycles. The van der Waals surface area contributed by atoms with Crippen molar-refractivity contribution in [2.45, 2.75) is 39.5 Å². The fourth-order valence-corrected chi connectivity index (χ4v) is 2.00. The van der Waals surface area contributed by atoms with Crippen molar-refractivity contribution >= 4 is 0 Å². The van der Waals surface area contributed by atoms with Crippen LogP contribution in [-0.2, 0) is 13.6 Å². The van der Waals surface area contributed by atoms with Crippen LogP contribution >= 0.6 is 0 Å². The van der Waals surface area contributed by atoms with E-state index in [9.17, 15) is 4.39 Å². The number of aromatic nitrogens is 2. The van der Waals surface area contributed by atoms with Crippen molar-refractivity contribution in [3.05, 3.63) is 47.5 Å². The Morgan fingerprint density at radius 1 is 1.33 bits per heavy atom. The van der Waals surface area contributed by atoms with Gasteiger partial charge < -0.3 is 10.1 Å². The van der Waals surface area contributed by atoms with Gasteiger partial charge in [0.25, 0.3) is 0 Å². The maximum atomic E-state index is 13.6. The largest absolute Gasteiger partial charge is 0.486 e. The van der Waals surface area contributed by atoms with E-state index < -0.39 is 0 Å². The molecule has 114 valence electrons. The molecule has 0 amide bonds. The first-order chi connectivity index (χ1) is 9.99. The molecule has 0 radical (unpaired) electrons. The molecule has 5 heteroatoms. The molecule has 2 aromatic rings. The predicted molar refractivity (Wildman–Crippen MR) is 80.7 cm³/mol. The number of benzene rings is 1. The Kier molecular flexibility index (Phi) is 4.96. The minimum absolute atomic E-state index is 0.0872. The number of nitrogens with zero attached hydrogens (tertiary/aromatic N) is 2. The summed E-state index contributed by atoms with van der Waals surface area (Å²) in [6.07, 6.45) is 1.72. The predicted octanol–water partition coefficient (Wildman–Crippen LogP) is 2.81. The van der Waals surface area contributed by atoms with Crippen molar-refractivity contribution in [1.82, 2.24) is 15.1 Å². The molecule has 2 rings (SSSR count). The first kappa shape index (κ1) is 15.5. The number of hydrogen-bond acceptors (Lipinski definition) is 3. The van der Waals surface area contributed by atoms with E-state index in [0.29, 0.717) is 6.54 Å². The maximum absolute atomic E-state index is 13.6. The molecule has 2 atom stereocenters. The molecule has 0 spiro atoms. The van der Waals surface area contributed by atoms with Gasteiger partial charge in [-0.3, -0.25) is 4.68 Å². The van der Waals surface area contributed by atoms with Crippen LogP contribution in [0.25, 0.3) is 0 Å². The lowest BCUT2D eigenvalue weighted by Gasteiger charge is -2.23. The van der Waals surface area contributed by atoms with Crippen molar-refractivity contribution in [1.29, 1.82) is 0 Å². The summed E-state index contributed by atoms with van der Waals surface area (Å²) in [6, 6.07) is 6.55. The Bertz CT molecular complexity index is 597. The third-order valence-corrected chi connectivity index (χ3v) is 3.81. The van der Waals surface area contributed by atoms with Gasteiger partial charge >= 0.3 is 0 Å². The molecule has 0 saturated heterocycles. The zero-order valence-corrected chi connectivity index (χ0v) is 12.9. The van der Waals surface area contributed by atoms with Crippen LogP contribution in [0.5, 0.6) is 5.75 Å². The lowest BCUT2D eigenvalue weighted by Crippen LogP contribution is -2.38. The van der Waals surface area contributed by atoms with Gasteiger partial charge in [-0.05, 0) is 32.9 Å². The van der Waals surface area contributed by atoms with Gasteiger partial charge in [0, 0.05) is 30.9 Å². The third kappa shape index (κ3) is 3.82. The van der Waals surface area contributed by atoms with Crippen LogP contribution < -0.4 is 10.1 Å². The van der Waals surface area contributed by atoms with Crippen molar-refractivity contribution in [3.63, 3.8) is 0 Å². The second kappa shape index (κ2) is 6.72. The first-order valence-corrected chi connectivity index (χ1v) is 7.11. The average molecular weight is 291 g/mol. The Labute approximate surface area is 124 Å². The topological polar surface area (TPSA) is 39.1 Å². The number of halogens is 1. The van der Waals surface area contributed by atoms with E-state index in [2.05, 4.69) is 10.4 Å². The molecule has 21 heavy (non-hydrogen) atoms. The molecule has 0 saturated carbocycles. The number of nitrogens with one attached hydrogen (secondary N) is 1. The van der Waals surface area contributed by atoms with Crippen LogP contribution in [0.15, 0.2) is 30.5 Å². The van der Waals surface area contributed by atoms with Crippen LogP contribution in [0.2, 0.25) is 0 Å². The monoisotopic (exact) mass is 291 g/mol. The summed E-state index contributed by atoms with van der Waals surface area (Å²) < 4.78 is 21.1. The fourth-order valence-electron chi connectivity index (χ4n) is 2.00. The van der Waals surface area contributed by atoms with Crippen LogP contribution in [0.1, 0.15) is 25.1 Å². The summed E-state index contributed by atoms with van der Waals surface area (Å²) >= 11 is 0. The molecule has 0 aliphatic carbocycles. The van der Waals surface area contributed by atoms with Gasteiger partial charge in [0.2, 0.25) is 0 Å². The van der Waals surface area contributed by atoms with Gasteiger partial charge in [-0.25, -0.2) is 4.39 Å². The zero-order chi connectivity index (χ0) is 15.4. The van der Waals surface area contributed by atoms with Gasteiger partial charge in [0.1, 0.15) is 6.10 Å². The van der Waals surface area contributed by atoms with E-state index in [1.165, 1.54) is 6.07 Å². The van der Waals surface area contributed by atoms with Crippen molar-refractivity contribution in [3.8, 4) is 5.75 Å². The van der Waals surface area contributed by atoms with E-state index in [-0.39, 0.29) is 23.7 Å². The van der Waals surface area contributed by atoms with Crippen molar-refractivity contribution in [2.75, 3.05) is 0 Å². The molecule has 0 bridgehead atoms. The Balaban J connectivity index is 1.89. The smallest absolute Gasteiger partial charge is 0.165 e. The van der Waals surface area contributed by atoms with Crippen molar-refractivity contribution in [2.24, 2.45) is 7.05 Å². The number of para-hydroxylation sites is 1. The quantitative estimate of drug-likeness (QED) is 0.889. The molecule has 1 aromatic heterocycles. The molecule has 0 aliphatic heterocycles. The highest BCUT2D eigenvalue weighted by atomic mass is 19.1. The van der Waals surface area contributed by atoms with Crippen LogP contribution in [0, 0.1) is 12.7 Å². The Hall–Kier alpha value is -1.88. The minimum Gasteiger partial charge on any atom is -0.486 e. The Morgan fingerprint density at radius 3 is 2.67 bits per heavy atom. The number of rotatable bonds is 6. The SMILES string of the molecule is Cc1c(CN[C@@H](C)[C@H](C)Oc2ccccc2F)cnn1C. The van der Waals surface area contributed by atoms with Crippen LogP contribution in [0.3, 0.4) is 0 Å². The third-order valence-electron chi connectivity index (χ3n) is 3.81. The second-order valence-electron chi connectivity index (χ2n) is 5.30. The highest BCUT2D eigenvalue weighted by Gasteiger charge is 2.16. The molecule has 1 N–H and O–H groups in total. The van der Waals surface area contributed by atoms with E-state index in [1.807, 2.05) is 38.7 Å². The van der Waals surface area contributed by atoms with Crippen LogP contribution in [0.4, 0.5) is 4.39 Å². The second-order valence-corrected chi connectivity index (χ2v) is 5.30. The van der Waals surface area contributed by atoms with Crippen LogP contribution in [-0.4, -0.2) is 21.9 Å². The fraction of sp³-hybridized carbons (Fsp3) is 0.438. The van der Waals surface area contributed by atoms with E-state index in [4.69, 9.17) is 4.74 Å². The number of hydrogen-bond donors (Lipinski definition) is 1. The summed E-state index contributed by atoms with van der Waals surface area (Å²) in [6.45, 7) is 6.71. The summed E-state index contributed by atoms with van der Waals surface area (Å²) in [5.74, 6) is -0.0455. The molecular formula is C16H22FN3O. The zero-order valence-electron chi connectivity index (χ0n) is 12.9. The van der Waals surface area contributed by atoms with Gasteiger partial charge in [0.15, 0.2) is 11.6 Å². The summed E-state index contributed by atoms with van der Waals surface area (Å²) in [7, 11) is 1.92. The molecule has 0 aliphatic rings. The number of ether oxygens (including phenoxy) is 1.